The summed E-state index contributed by atoms with van der Waals surface area (Å²) in [6.45, 7) is 7.55. The zero-order valence-electron chi connectivity index (χ0n) is 19.7. The SMILES string of the molecule is COCc1ccc(OC)c(CN2CCO[C@H](c3ccc(Nc4nc(C)cc(C)n4)cn3)C2)c1. The fourth-order valence-electron chi connectivity index (χ4n) is 4.06. The third-order valence-corrected chi connectivity index (χ3v) is 5.56. The van der Waals surface area contributed by atoms with Crippen LogP contribution in [-0.4, -0.2) is 53.8 Å². The largest absolute Gasteiger partial charge is 0.496 e. The number of rotatable bonds is 8. The number of pyridine rings is 1. The predicted molar refractivity (Wildman–Crippen MR) is 127 cm³/mol. The van der Waals surface area contributed by atoms with E-state index in [1.54, 1.807) is 20.4 Å². The van der Waals surface area contributed by atoms with E-state index in [1.165, 1.54) is 0 Å². The van der Waals surface area contributed by atoms with Gasteiger partial charge in [-0.1, -0.05) is 6.07 Å². The molecule has 0 aliphatic carbocycles. The molecular formula is C25H31N5O3. The smallest absolute Gasteiger partial charge is 0.227 e. The molecule has 1 aromatic carbocycles. The van der Waals surface area contributed by atoms with E-state index in [2.05, 4.69) is 31.2 Å². The Morgan fingerprint density at radius 3 is 2.61 bits per heavy atom. The lowest BCUT2D eigenvalue weighted by molar-refractivity contribution is -0.0351. The van der Waals surface area contributed by atoms with Gasteiger partial charge in [-0.3, -0.25) is 9.88 Å². The minimum atomic E-state index is -0.0848. The van der Waals surface area contributed by atoms with Crippen molar-refractivity contribution in [2.45, 2.75) is 33.1 Å². The molecule has 1 atom stereocenters. The van der Waals surface area contributed by atoms with Gasteiger partial charge in [-0.2, -0.15) is 0 Å². The van der Waals surface area contributed by atoms with Gasteiger partial charge in [0.1, 0.15) is 11.9 Å². The molecule has 0 amide bonds. The van der Waals surface area contributed by atoms with Crippen molar-refractivity contribution in [1.82, 2.24) is 19.9 Å². The normalized spacial score (nSPS) is 16.5. The second kappa shape index (κ2) is 10.7. The molecule has 1 saturated heterocycles. The van der Waals surface area contributed by atoms with E-state index in [0.29, 0.717) is 19.2 Å². The number of nitrogens with one attached hydrogen (secondary N) is 1. The first-order valence-corrected chi connectivity index (χ1v) is 11.1. The molecule has 1 aliphatic heterocycles. The van der Waals surface area contributed by atoms with Crippen molar-refractivity contribution in [3.63, 3.8) is 0 Å². The summed E-state index contributed by atoms with van der Waals surface area (Å²) in [7, 11) is 3.42. The zero-order chi connectivity index (χ0) is 23.2. The number of hydrogen-bond donors (Lipinski definition) is 1. The molecular weight excluding hydrogens is 418 g/mol. The van der Waals surface area contributed by atoms with Gasteiger partial charge in [0, 0.05) is 43.7 Å². The van der Waals surface area contributed by atoms with Gasteiger partial charge in [-0.15, -0.1) is 0 Å². The molecule has 8 heteroatoms. The molecule has 1 N–H and O–H groups in total. The van der Waals surface area contributed by atoms with Gasteiger partial charge in [0.05, 0.1) is 37.9 Å². The highest BCUT2D eigenvalue weighted by Crippen LogP contribution is 2.27. The second-order valence-corrected chi connectivity index (χ2v) is 8.24. The van der Waals surface area contributed by atoms with Crippen LogP contribution in [-0.2, 0) is 22.6 Å². The Labute approximate surface area is 194 Å². The first-order chi connectivity index (χ1) is 16.0. The van der Waals surface area contributed by atoms with Crippen LogP contribution in [0.1, 0.15) is 34.3 Å². The lowest BCUT2D eigenvalue weighted by Crippen LogP contribution is -2.38. The summed E-state index contributed by atoms with van der Waals surface area (Å²) >= 11 is 0. The van der Waals surface area contributed by atoms with E-state index in [-0.39, 0.29) is 6.10 Å². The van der Waals surface area contributed by atoms with Crippen LogP contribution >= 0.6 is 0 Å². The summed E-state index contributed by atoms with van der Waals surface area (Å²) in [5.41, 5.74) is 5.89. The maximum atomic E-state index is 6.04. The maximum absolute atomic E-state index is 6.04. The average Bonchev–Trinajstić information content (AvgIpc) is 2.80. The van der Waals surface area contributed by atoms with Gasteiger partial charge in [-0.05, 0) is 49.7 Å². The van der Waals surface area contributed by atoms with Gasteiger partial charge in [0.2, 0.25) is 5.95 Å². The van der Waals surface area contributed by atoms with Crippen molar-refractivity contribution in [3.8, 4) is 5.75 Å². The Hall–Kier alpha value is -3.07. The van der Waals surface area contributed by atoms with Gasteiger partial charge >= 0.3 is 0 Å². The molecule has 4 rings (SSSR count). The number of nitrogens with zero attached hydrogens (tertiary/aromatic N) is 4. The standard InChI is InChI=1S/C25H31N5O3/c1-17-11-18(2)28-25(27-17)29-21-6-7-22(26-13-21)24-15-30(9-10-33-24)14-20-12-19(16-31-3)5-8-23(20)32-4/h5-8,11-13,24H,9-10,14-16H2,1-4H3,(H,27,28,29)/t24-/m0/s1. The third-order valence-electron chi connectivity index (χ3n) is 5.56. The highest BCUT2D eigenvalue weighted by molar-refractivity contribution is 5.52. The highest BCUT2D eigenvalue weighted by Gasteiger charge is 2.24. The first kappa shape index (κ1) is 23.1. The molecule has 0 saturated carbocycles. The summed E-state index contributed by atoms with van der Waals surface area (Å²) < 4.78 is 16.9. The quantitative estimate of drug-likeness (QED) is 0.553. The summed E-state index contributed by atoms with van der Waals surface area (Å²) in [6, 6.07) is 12.1. The fourth-order valence-corrected chi connectivity index (χ4v) is 4.06. The van der Waals surface area contributed by atoms with E-state index in [9.17, 15) is 0 Å². The molecule has 0 bridgehead atoms. The molecule has 2 aromatic heterocycles. The Morgan fingerprint density at radius 2 is 1.91 bits per heavy atom. The molecule has 0 unspecified atom stereocenters. The van der Waals surface area contributed by atoms with Crippen molar-refractivity contribution in [3.05, 3.63) is 70.8 Å². The molecule has 3 heterocycles. The molecule has 33 heavy (non-hydrogen) atoms. The fraction of sp³-hybridized carbons (Fsp3) is 0.400. The van der Waals surface area contributed by atoms with E-state index < -0.39 is 0 Å². The molecule has 0 spiro atoms. The number of hydrogen-bond acceptors (Lipinski definition) is 8. The number of aromatic nitrogens is 3. The van der Waals surface area contributed by atoms with Crippen LogP contribution in [0.15, 0.2) is 42.6 Å². The van der Waals surface area contributed by atoms with Crippen molar-refractivity contribution < 1.29 is 14.2 Å². The summed E-state index contributed by atoms with van der Waals surface area (Å²) in [6.07, 6.45) is 1.72. The van der Waals surface area contributed by atoms with Gasteiger partial charge in [0.25, 0.3) is 0 Å². The van der Waals surface area contributed by atoms with E-state index in [0.717, 1.165) is 59.3 Å². The monoisotopic (exact) mass is 449 g/mol. The van der Waals surface area contributed by atoms with Crippen molar-refractivity contribution in [2.75, 3.05) is 39.2 Å². The number of anilines is 2. The molecule has 8 nitrogen and oxygen atoms in total. The Bertz CT molecular complexity index is 1050. The Balaban J connectivity index is 1.42. The number of benzene rings is 1. The van der Waals surface area contributed by atoms with Gasteiger partial charge in [-0.25, -0.2) is 9.97 Å². The van der Waals surface area contributed by atoms with E-state index in [1.807, 2.05) is 44.2 Å². The van der Waals surface area contributed by atoms with Crippen LogP contribution < -0.4 is 10.1 Å². The highest BCUT2D eigenvalue weighted by atomic mass is 16.5. The predicted octanol–water partition coefficient (Wildman–Crippen LogP) is 3.96. The van der Waals surface area contributed by atoms with Crippen LogP contribution in [0.2, 0.25) is 0 Å². The lowest BCUT2D eigenvalue weighted by Gasteiger charge is -2.33. The van der Waals surface area contributed by atoms with Crippen LogP contribution in [0.3, 0.4) is 0 Å². The average molecular weight is 450 g/mol. The molecule has 0 radical (unpaired) electrons. The van der Waals surface area contributed by atoms with E-state index >= 15 is 0 Å². The number of aryl methyl sites for hydroxylation is 2. The van der Waals surface area contributed by atoms with Crippen LogP contribution in [0.5, 0.6) is 5.75 Å². The molecule has 3 aromatic rings. The maximum Gasteiger partial charge on any atom is 0.227 e. The second-order valence-electron chi connectivity index (χ2n) is 8.24. The topological polar surface area (TPSA) is 81.6 Å². The molecule has 1 fully saturated rings. The lowest BCUT2D eigenvalue weighted by atomic mass is 10.1. The number of ether oxygens (including phenoxy) is 3. The van der Waals surface area contributed by atoms with Gasteiger partial charge < -0.3 is 19.5 Å². The molecule has 1 aliphatic rings. The summed E-state index contributed by atoms with van der Waals surface area (Å²) in [4.78, 5) is 15.9. The van der Waals surface area contributed by atoms with Crippen molar-refractivity contribution in [2.24, 2.45) is 0 Å². The third kappa shape index (κ3) is 6.04. The Kier molecular flexibility index (Phi) is 7.49. The number of morpholine rings is 1. The van der Waals surface area contributed by atoms with Crippen LogP contribution in [0.25, 0.3) is 0 Å². The van der Waals surface area contributed by atoms with Crippen molar-refractivity contribution >= 4 is 11.6 Å². The van der Waals surface area contributed by atoms with Crippen LogP contribution in [0.4, 0.5) is 11.6 Å². The zero-order valence-corrected chi connectivity index (χ0v) is 19.7. The summed E-state index contributed by atoms with van der Waals surface area (Å²) in [5.74, 6) is 1.46. The van der Waals surface area contributed by atoms with Crippen molar-refractivity contribution in [1.29, 1.82) is 0 Å². The number of methoxy groups -OCH3 is 2. The Morgan fingerprint density at radius 1 is 1.09 bits per heavy atom. The minimum Gasteiger partial charge on any atom is -0.496 e. The summed E-state index contributed by atoms with van der Waals surface area (Å²) in [5, 5.41) is 3.23. The van der Waals surface area contributed by atoms with Crippen LogP contribution in [0, 0.1) is 13.8 Å². The molecule has 174 valence electrons. The minimum absolute atomic E-state index is 0.0848. The first-order valence-electron chi connectivity index (χ1n) is 11.1. The van der Waals surface area contributed by atoms with E-state index in [4.69, 9.17) is 14.2 Å². The van der Waals surface area contributed by atoms with Gasteiger partial charge in [0.15, 0.2) is 0 Å².